The van der Waals surface area contributed by atoms with Crippen LogP contribution in [0.1, 0.15) is 6.92 Å². The summed E-state index contributed by atoms with van der Waals surface area (Å²) in [5, 5.41) is 0. The number of halogens is 6. The van der Waals surface area contributed by atoms with Crippen LogP contribution in [-0.4, -0.2) is 39.5 Å². The fourth-order valence-corrected chi connectivity index (χ4v) is 3.41. The molecule has 0 aliphatic carbocycles. The highest BCUT2D eigenvalue weighted by atomic mass is 32.3. The first-order valence-electron chi connectivity index (χ1n) is 7.62. The average molecular weight is 483 g/mol. The molecule has 8 nitrogen and oxygen atoms in total. The van der Waals surface area contributed by atoms with Crippen molar-refractivity contribution in [2.45, 2.75) is 24.5 Å². The number of aryl methyl sites for hydroxylation is 1. The van der Waals surface area contributed by atoms with Crippen molar-refractivity contribution in [1.29, 1.82) is 0 Å². The van der Waals surface area contributed by atoms with Gasteiger partial charge in [-0.2, -0.15) is 26.3 Å². The third kappa shape index (κ3) is 6.60. The van der Waals surface area contributed by atoms with Crippen molar-refractivity contribution >= 4 is 20.0 Å². The molecule has 30 heavy (non-hydrogen) atoms. The summed E-state index contributed by atoms with van der Waals surface area (Å²) in [6, 6.07) is 8.01. The zero-order valence-corrected chi connectivity index (χ0v) is 16.8. The first-order chi connectivity index (χ1) is 13.5. The van der Waals surface area contributed by atoms with E-state index in [1.807, 2.05) is 30.5 Å². The van der Waals surface area contributed by atoms with Crippen molar-refractivity contribution in [2.75, 3.05) is 7.11 Å². The molecular weight excluding hydrogens is 468 g/mol. The third-order valence-corrected chi connectivity index (χ3v) is 5.95. The van der Waals surface area contributed by atoms with Crippen LogP contribution in [-0.2, 0) is 26.6 Å². The van der Waals surface area contributed by atoms with Crippen LogP contribution < -0.4 is 9.30 Å². The molecule has 1 heterocycles. The quantitative estimate of drug-likeness (QED) is 0.481. The fraction of sp³-hybridized carbons (Fsp3) is 0.357. The van der Waals surface area contributed by atoms with Crippen LogP contribution >= 0.6 is 0 Å². The highest BCUT2D eigenvalue weighted by molar-refractivity contribution is 8.13. The van der Waals surface area contributed by atoms with Gasteiger partial charge in [-0.25, -0.2) is 26.0 Å². The summed E-state index contributed by atoms with van der Waals surface area (Å²) in [7, 11) is -11.8. The second kappa shape index (κ2) is 9.22. The van der Waals surface area contributed by atoms with E-state index in [9.17, 15) is 43.2 Å². The molecule has 1 aromatic heterocycles. The van der Waals surface area contributed by atoms with E-state index in [-0.39, 0.29) is 0 Å². The van der Waals surface area contributed by atoms with E-state index in [1.165, 1.54) is 0 Å². The van der Waals surface area contributed by atoms with E-state index in [0.29, 0.717) is 0 Å². The zero-order chi connectivity index (χ0) is 23.4. The van der Waals surface area contributed by atoms with Crippen LogP contribution in [0.15, 0.2) is 43.0 Å². The Morgan fingerprint density at radius 2 is 1.43 bits per heavy atom. The molecule has 0 saturated heterocycles. The predicted octanol–water partition coefficient (Wildman–Crippen LogP) is 2.85. The maximum Gasteiger partial charge on any atom is 0.480 e. The molecule has 1 aromatic carbocycles. The molecule has 0 bridgehead atoms. The number of hydrogen-bond acceptors (Lipinski definition) is 5. The molecule has 0 radical (unpaired) electrons. The van der Waals surface area contributed by atoms with Gasteiger partial charge in [-0.15, -0.1) is 0 Å². The SMILES string of the molecule is CC[n+]1ccn(-c2ccc(OC)cc2)c1.O=S(=O)([N-]S(=O)(=O)C(F)(F)F)C(F)(F)F. The molecular formula is C14H15F6N3O5S2. The Bertz CT molecular complexity index is 1000. The van der Waals surface area contributed by atoms with Gasteiger partial charge in [-0.3, -0.25) is 0 Å². The van der Waals surface area contributed by atoms with Crippen LogP contribution in [0.4, 0.5) is 26.3 Å². The maximum atomic E-state index is 11.4. The Morgan fingerprint density at radius 1 is 0.967 bits per heavy atom. The van der Waals surface area contributed by atoms with Crippen LogP contribution in [0.5, 0.6) is 5.75 Å². The van der Waals surface area contributed by atoms with Gasteiger partial charge in [0.2, 0.25) is 6.33 Å². The van der Waals surface area contributed by atoms with E-state index < -0.39 is 31.1 Å². The molecule has 170 valence electrons. The van der Waals surface area contributed by atoms with E-state index >= 15 is 0 Å². The number of hydrogen-bond donors (Lipinski definition) is 0. The summed E-state index contributed by atoms with van der Waals surface area (Å²) >= 11 is 0. The van der Waals surface area contributed by atoms with Gasteiger partial charge < -0.3 is 8.86 Å². The lowest BCUT2D eigenvalue weighted by molar-refractivity contribution is -0.692. The zero-order valence-electron chi connectivity index (χ0n) is 15.2. The minimum Gasteiger partial charge on any atom is -0.497 e. The molecule has 0 N–H and O–H groups in total. The fourth-order valence-electron chi connectivity index (χ4n) is 1.70. The number of alkyl halides is 6. The molecule has 0 spiro atoms. The van der Waals surface area contributed by atoms with Crippen molar-refractivity contribution in [3.8, 4) is 11.4 Å². The van der Waals surface area contributed by atoms with Gasteiger partial charge in [0.05, 0.1) is 13.7 Å². The maximum absolute atomic E-state index is 11.4. The smallest absolute Gasteiger partial charge is 0.480 e. The Kier molecular flexibility index (Phi) is 7.90. The second-order valence-electron chi connectivity index (χ2n) is 5.27. The average Bonchev–Trinajstić information content (AvgIpc) is 3.09. The van der Waals surface area contributed by atoms with Gasteiger partial charge in [0.1, 0.15) is 23.8 Å². The number of aromatic nitrogens is 2. The lowest BCUT2D eigenvalue weighted by Gasteiger charge is -2.22. The second-order valence-corrected chi connectivity index (χ2v) is 8.69. The summed E-state index contributed by atoms with van der Waals surface area (Å²) in [5.41, 5.74) is -11.3. The van der Waals surface area contributed by atoms with Crippen LogP contribution in [0.2, 0.25) is 0 Å². The van der Waals surface area contributed by atoms with Gasteiger partial charge in [0, 0.05) is 0 Å². The van der Waals surface area contributed by atoms with E-state index in [4.69, 9.17) is 4.74 Å². The summed E-state index contributed by atoms with van der Waals surface area (Å²) in [5.74, 6) is 0.884. The number of sulfonamides is 2. The first kappa shape index (κ1) is 25.7. The Hall–Kier alpha value is -2.33. The lowest BCUT2D eigenvalue weighted by Crippen LogP contribution is -2.30. The molecule has 16 heteroatoms. The summed E-state index contributed by atoms with van der Waals surface area (Å²) in [4.78, 5) is 0. The van der Waals surface area contributed by atoms with Gasteiger partial charge in [0.25, 0.3) is 0 Å². The van der Waals surface area contributed by atoms with E-state index in [1.54, 1.807) is 7.11 Å². The standard InChI is InChI=1S/C12H15N2O.C2F6NO4S2/c1-3-13-8-9-14(10-13)11-4-6-12(15-2)7-5-11;3-1(4,5)14(10,11)9-15(12,13)2(6,7)8/h4-10H,3H2,1-2H3;/q+1;-1. The minimum atomic E-state index is -6.72. The Balaban J connectivity index is 0.000000300. The molecule has 0 fully saturated rings. The number of nitrogens with zero attached hydrogens (tertiary/aromatic N) is 3. The van der Waals surface area contributed by atoms with E-state index in [2.05, 4.69) is 28.6 Å². The van der Waals surface area contributed by atoms with Crippen molar-refractivity contribution in [3.63, 3.8) is 0 Å². The van der Waals surface area contributed by atoms with Crippen molar-refractivity contribution in [2.24, 2.45) is 0 Å². The largest absolute Gasteiger partial charge is 0.497 e. The number of methoxy groups -OCH3 is 1. The van der Waals surface area contributed by atoms with Gasteiger partial charge in [0.15, 0.2) is 20.0 Å². The van der Waals surface area contributed by atoms with E-state index in [0.717, 1.165) is 22.1 Å². The third-order valence-electron chi connectivity index (χ3n) is 3.21. The van der Waals surface area contributed by atoms with Crippen LogP contribution in [0.3, 0.4) is 0 Å². The molecule has 0 aliphatic heterocycles. The topological polar surface area (TPSA) is 100 Å². The molecule has 0 aliphatic rings. The van der Waals surface area contributed by atoms with Gasteiger partial charge in [-0.1, -0.05) is 0 Å². The normalized spacial score (nSPS) is 12.8. The van der Waals surface area contributed by atoms with Crippen molar-refractivity contribution < 1.29 is 52.5 Å². The highest BCUT2D eigenvalue weighted by Gasteiger charge is 2.46. The highest BCUT2D eigenvalue weighted by Crippen LogP contribution is 2.36. The molecule has 0 atom stereocenters. The number of imidazole rings is 1. The number of ether oxygens (including phenoxy) is 1. The number of benzene rings is 1. The molecule has 2 rings (SSSR count). The van der Waals surface area contributed by atoms with Gasteiger partial charge in [-0.05, 0) is 31.2 Å². The first-order valence-corrected chi connectivity index (χ1v) is 10.5. The Labute approximate surface area is 167 Å². The summed E-state index contributed by atoms with van der Waals surface area (Å²) in [6.07, 6.45) is 6.18. The molecule has 0 saturated carbocycles. The monoisotopic (exact) mass is 483 g/mol. The van der Waals surface area contributed by atoms with Crippen LogP contribution in [0.25, 0.3) is 9.81 Å². The van der Waals surface area contributed by atoms with Gasteiger partial charge >= 0.3 is 11.0 Å². The lowest BCUT2D eigenvalue weighted by atomic mass is 10.3. The Morgan fingerprint density at radius 3 is 1.77 bits per heavy atom. The van der Waals surface area contributed by atoms with Crippen LogP contribution in [0, 0.1) is 0 Å². The summed E-state index contributed by atoms with van der Waals surface area (Å²) in [6.45, 7) is 3.11. The summed E-state index contributed by atoms with van der Waals surface area (Å²) < 4.78 is 119. The number of rotatable bonds is 5. The predicted molar refractivity (Wildman–Crippen MR) is 91.5 cm³/mol. The minimum absolute atomic E-state index is 0.778. The molecule has 0 unspecified atom stereocenters. The molecule has 0 amide bonds. The molecule has 2 aromatic rings. The van der Waals surface area contributed by atoms with Crippen molar-refractivity contribution in [1.82, 2.24) is 4.57 Å². The van der Waals surface area contributed by atoms with Crippen molar-refractivity contribution in [3.05, 3.63) is 47.1 Å².